The molecule has 4 heterocycles. The summed E-state index contributed by atoms with van der Waals surface area (Å²) >= 11 is 1.34. The van der Waals surface area contributed by atoms with Gasteiger partial charge in [-0.3, -0.25) is 14.6 Å². The van der Waals surface area contributed by atoms with E-state index < -0.39 is 0 Å². The Kier molecular flexibility index (Phi) is 4.86. The molecule has 0 radical (unpaired) electrons. The first-order valence-corrected chi connectivity index (χ1v) is 11.0. The smallest absolute Gasteiger partial charge is 0.228 e. The number of imidazole rings is 1. The second-order valence-electron chi connectivity index (χ2n) is 7.86. The van der Waals surface area contributed by atoms with Crippen molar-refractivity contribution in [2.24, 2.45) is 0 Å². The Hall–Kier alpha value is -2.65. The monoisotopic (exact) mass is 426 g/mol. The van der Waals surface area contributed by atoms with Gasteiger partial charge in [-0.05, 0) is 49.5 Å². The fraction of sp³-hybridized carbons (Fsp3) is 0.429. The second kappa shape index (κ2) is 7.55. The number of carbonyl (C=O) groups excluding carboxylic acids is 1. The summed E-state index contributed by atoms with van der Waals surface area (Å²) in [6, 6.07) is 6.71. The Balaban J connectivity index is 1.54. The summed E-state index contributed by atoms with van der Waals surface area (Å²) in [4.78, 5) is 26.1. The Morgan fingerprint density at radius 1 is 1.17 bits per heavy atom. The van der Waals surface area contributed by atoms with E-state index in [9.17, 15) is 9.18 Å². The number of anilines is 1. The summed E-state index contributed by atoms with van der Waals surface area (Å²) in [5, 5.41) is 0.783. The van der Waals surface area contributed by atoms with E-state index in [0.717, 1.165) is 53.2 Å². The molecule has 3 aromatic rings. The van der Waals surface area contributed by atoms with Gasteiger partial charge in [-0.25, -0.2) is 14.4 Å². The third-order valence-corrected chi connectivity index (χ3v) is 6.69. The van der Waals surface area contributed by atoms with E-state index in [1.807, 2.05) is 24.0 Å². The van der Waals surface area contributed by atoms with Crippen molar-refractivity contribution in [1.29, 1.82) is 0 Å². The van der Waals surface area contributed by atoms with E-state index >= 15 is 0 Å². The maximum absolute atomic E-state index is 13.3. The van der Waals surface area contributed by atoms with Crippen LogP contribution in [0.15, 0.2) is 24.3 Å². The van der Waals surface area contributed by atoms with Crippen LogP contribution in [0, 0.1) is 12.7 Å². The molecule has 2 aliphatic heterocycles. The number of aromatic nitrogens is 4. The van der Waals surface area contributed by atoms with Gasteiger partial charge in [0.05, 0.1) is 11.7 Å². The summed E-state index contributed by atoms with van der Waals surface area (Å²) < 4.78 is 19.8. The molecular weight excluding hydrogens is 403 g/mol. The zero-order valence-electron chi connectivity index (χ0n) is 17.0. The normalized spacial score (nSPS) is 19.5. The third kappa shape index (κ3) is 3.31. The minimum atomic E-state index is -0.227. The lowest BCUT2D eigenvalue weighted by atomic mass is 10.1. The van der Waals surface area contributed by atoms with Crippen LogP contribution >= 0.6 is 11.5 Å². The predicted octanol–water partition coefficient (Wildman–Crippen LogP) is 3.55. The molecule has 7 nitrogen and oxygen atoms in total. The first-order valence-electron chi connectivity index (χ1n) is 10.2. The highest BCUT2D eigenvalue weighted by Gasteiger charge is 2.36. The van der Waals surface area contributed by atoms with Crippen LogP contribution in [0.5, 0.6) is 0 Å². The quantitative estimate of drug-likeness (QED) is 0.638. The molecule has 1 saturated heterocycles. The van der Waals surface area contributed by atoms with Gasteiger partial charge in [-0.2, -0.15) is 4.37 Å². The number of fused-ring (bicyclic) bond motifs is 1. The number of halogens is 1. The fourth-order valence-corrected chi connectivity index (χ4v) is 5.02. The van der Waals surface area contributed by atoms with Crippen molar-refractivity contribution in [2.45, 2.75) is 45.8 Å². The molecule has 1 atom stereocenters. The van der Waals surface area contributed by atoms with E-state index in [1.54, 1.807) is 0 Å². The molecule has 1 unspecified atom stereocenters. The molecule has 0 spiro atoms. The molecule has 1 amide bonds. The van der Waals surface area contributed by atoms with Crippen LogP contribution in [-0.4, -0.2) is 42.8 Å². The molecule has 30 heavy (non-hydrogen) atoms. The molecule has 0 saturated carbocycles. The average Bonchev–Trinajstić information content (AvgIpc) is 3.44. The Labute approximate surface area is 178 Å². The van der Waals surface area contributed by atoms with Gasteiger partial charge in [0.25, 0.3) is 0 Å². The number of hydrogen-bond acceptors (Lipinski definition) is 6. The Morgan fingerprint density at radius 2 is 1.97 bits per heavy atom. The number of aryl methyl sites for hydroxylation is 1. The van der Waals surface area contributed by atoms with E-state index in [4.69, 9.17) is 4.98 Å². The van der Waals surface area contributed by atoms with Crippen LogP contribution in [0.4, 0.5) is 10.2 Å². The van der Waals surface area contributed by atoms with Crippen LogP contribution in [-0.2, 0) is 17.9 Å². The topological polar surface area (TPSA) is 67.2 Å². The van der Waals surface area contributed by atoms with Gasteiger partial charge in [-0.15, -0.1) is 0 Å². The van der Waals surface area contributed by atoms with E-state index in [0.29, 0.717) is 19.5 Å². The largest absolute Gasteiger partial charge is 0.321 e. The first kappa shape index (κ1) is 19.3. The van der Waals surface area contributed by atoms with Gasteiger partial charge >= 0.3 is 0 Å². The summed E-state index contributed by atoms with van der Waals surface area (Å²) in [7, 11) is 0. The molecule has 0 N–H and O–H groups in total. The van der Waals surface area contributed by atoms with Gasteiger partial charge in [0, 0.05) is 32.6 Å². The highest BCUT2D eigenvalue weighted by molar-refractivity contribution is 7.09. The van der Waals surface area contributed by atoms with Gasteiger partial charge in [0.1, 0.15) is 11.6 Å². The number of amides is 1. The fourth-order valence-electron chi connectivity index (χ4n) is 4.35. The molecule has 2 aliphatic rings. The summed E-state index contributed by atoms with van der Waals surface area (Å²) in [6.45, 7) is 7.02. The maximum Gasteiger partial charge on any atom is 0.228 e. The Bertz CT molecular complexity index is 1090. The van der Waals surface area contributed by atoms with Crippen molar-refractivity contribution in [1.82, 2.24) is 23.8 Å². The third-order valence-electron chi connectivity index (χ3n) is 5.89. The van der Waals surface area contributed by atoms with Gasteiger partial charge in [0.2, 0.25) is 5.91 Å². The van der Waals surface area contributed by atoms with Gasteiger partial charge in [-0.1, -0.05) is 12.1 Å². The molecule has 2 aromatic heterocycles. The highest BCUT2D eigenvalue weighted by atomic mass is 32.1. The van der Waals surface area contributed by atoms with Crippen LogP contribution < -0.4 is 4.90 Å². The van der Waals surface area contributed by atoms with Crippen LogP contribution in [0.25, 0.3) is 10.8 Å². The van der Waals surface area contributed by atoms with Crippen molar-refractivity contribution < 1.29 is 9.18 Å². The molecule has 1 aromatic carbocycles. The molecular formula is C21H23FN6OS. The maximum atomic E-state index is 13.3. The van der Waals surface area contributed by atoms with E-state index in [1.165, 1.54) is 23.7 Å². The molecule has 5 rings (SSSR count). The van der Waals surface area contributed by atoms with Gasteiger partial charge < -0.3 is 4.57 Å². The van der Waals surface area contributed by atoms with Gasteiger partial charge in [0.15, 0.2) is 16.6 Å². The second-order valence-corrected chi connectivity index (χ2v) is 8.62. The summed E-state index contributed by atoms with van der Waals surface area (Å²) in [6.07, 6.45) is 1.42. The van der Waals surface area contributed by atoms with Crippen molar-refractivity contribution in [3.63, 3.8) is 0 Å². The lowest BCUT2D eigenvalue weighted by Gasteiger charge is -2.36. The highest BCUT2D eigenvalue weighted by Crippen LogP contribution is 2.39. The van der Waals surface area contributed by atoms with Crippen LogP contribution in [0.2, 0.25) is 0 Å². The van der Waals surface area contributed by atoms with Crippen molar-refractivity contribution in [3.05, 3.63) is 47.2 Å². The van der Waals surface area contributed by atoms with Crippen molar-refractivity contribution >= 4 is 23.3 Å². The molecule has 0 bridgehead atoms. The number of nitrogens with zero attached hydrogens (tertiary/aromatic N) is 6. The predicted molar refractivity (Wildman–Crippen MR) is 113 cm³/mol. The zero-order valence-corrected chi connectivity index (χ0v) is 17.8. The minimum Gasteiger partial charge on any atom is -0.321 e. The average molecular weight is 427 g/mol. The number of carbonyl (C=O) groups is 1. The molecule has 0 aliphatic carbocycles. The lowest BCUT2D eigenvalue weighted by molar-refractivity contribution is -0.117. The minimum absolute atomic E-state index is 0.0578. The molecule has 9 heteroatoms. The van der Waals surface area contributed by atoms with Crippen molar-refractivity contribution in [3.8, 4) is 10.8 Å². The number of rotatable bonds is 4. The molecule has 156 valence electrons. The van der Waals surface area contributed by atoms with E-state index in [-0.39, 0.29) is 17.8 Å². The first-order chi connectivity index (χ1) is 14.5. The zero-order chi connectivity index (χ0) is 20.8. The molecule has 1 fully saturated rings. The standard InChI is InChI=1S/C21H23FN6OS/c1-13-18-19(27-9-3-4-17(27)29)24-20(21-23-14(2)25-30-21)28(18)11-10-26(13)12-15-5-7-16(22)8-6-15/h5-8,13H,3-4,9-12H2,1-2H3. The van der Waals surface area contributed by atoms with Crippen molar-refractivity contribution in [2.75, 3.05) is 18.0 Å². The Morgan fingerprint density at radius 3 is 2.63 bits per heavy atom. The lowest BCUT2D eigenvalue weighted by Crippen LogP contribution is -2.37. The SMILES string of the molecule is Cc1nsc(-c2nc(N3CCCC3=O)c3n2CCN(Cc2ccc(F)cc2)C3C)n1. The van der Waals surface area contributed by atoms with E-state index in [2.05, 4.69) is 25.7 Å². The van der Waals surface area contributed by atoms with Crippen LogP contribution in [0.1, 0.15) is 42.9 Å². The van der Waals surface area contributed by atoms with Crippen LogP contribution in [0.3, 0.4) is 0 Å². The number of benzene rings is 1. The number of hydrogen-bond donors (Lipinski definition) is 0. The summed E-state index contributed by atoms with van der Waals surface area (Å²) in [5.74, 6) is 2.16. The summed E-state index contributed by atoms with van der Waals surface area (Å²) in [5.41, 5.74) is 2.11.